The number of benzene rings is 1. The Kier molecular flexibility index (Phi) is 4.14. The third-order valence-electron chi connectivity index (χ3n) is 4.28. The van der Waals surface area contributed by atoms with E-state index in [2.05, 4.69) is 25.7 Å². The van der Waals surface area contributed by atoms with Crippen LogP contribution in [-0.2, 0) is 6.54 Å². The number of phenolic OH excluding ortho intramolecular Hbond substituents is 1. The van der Waals surface area contributed by atoms with Gasteiger partial charge in [0.1, 0.15) is 0 Å². The smallest absolute Gasteiger partial charge is 0.165 e. The zero-order valence-corrected chi connectivity index (χ0v) is 12.1. The summed E-state index contributed by atoms with van der Waals surface area (Å²) in [6, 6.07) is 4.76. The summed E-state index contributed by atoms with van der Waals surface area (Å²) in [7, 11) is 0. The SMILES string of the molecule is CC(C)(C)C1CCN(Cc2cccc(F)c2O)CC1. The van der Waals surface area contributed by atoms with Gasteiger partial charge in [-0.3, -0.25) is 4.90 Å². The number of piperidine rings is 1. The Labute approximate surface area is 115 Å². The number of hydrogen-bond acceptors (Lipinski definition) is 2. The second-order valence-electron chi connectivity index (χ2n) is 6.66. The molecule has 1 fully saturated rings. The van der Waals surface area contributed by atoms with E-state index in [0.29, 0.717) is 17.5 Å². The van der Waals surface area contributed by atoms with Gasteiger partial charge in [0, 0.05) is 12.1 Å². The van der Waals surface area contributed by atoms with Crippen LogP contribution in [0.5, 0.6) is 5.75 Å². The molecular formula is C16H24FNO. The van der Waals surface area contributed by atoms with E-state index in [9.17, 15) is 9.50 Å². The molecule has 0 saturated carbocycles. The van der Waals surface area contributed by atoms with Gasteiger partial charge in [-0.15, -0.1) is 0 Å². The molecule has 0 aromatic heterocycles. The molecule has 1 aliphatic rings. The third kappa shape index (κ3) is 3.47. The predicted octanol–water partition coefficient (Wildman–Crippen LogP) is 3.79. The average Bonchev–Trinajstić information content (AvgIpc) is 2.35. The maximum absolute atomic E-state index is 13.3. The second kappa shape index (κ2) is 5.49. The molecule has 1 aromatic carbocycles. The van der Waals surface area contributed by atoms with Crippen LogP contribution in [-0.4, -0.2) is 23.1 Å². The average molecular weight is 265 g/mol. The van der Waals surface area contributed by atoms with Crippen molar-refractivity contribution in [3.8, 4) is 5.75 Å². The Hall–Kier alpha value is -1.09. The molecule has 0 atom stereocenters. The Bertz CT molecular complexity index is 431. The van der Waals surface area contributed by atoms with E-state index < -0.39 is 5.82 Å². The van der Waals surface area contributed by atoms with Gasteiger partial charge < -0.3 is 5.11 Å². The molecule has 0 aliphatic carbocycles. The van der Waals surface area contributed by atoms with Crippen molar-refractivity contribution in [3.05, 3.63) is 29.6 Å². The molecule has 1 aliphatic heterocycles. The van der Waals surface area contributed by atoms with Crippen LogP contribution in [0.4, 0.5) is 4.39 Å². The van der Waals surface area contributed by atoms with Crippen LogP contribution in [0, 0.1) is 17.2 Å². The van der Waals surface area contributed by atoms with Gasteiger partial charge in [-0.1, -0.05) is 32.9 Å². The molecule has 1 heterocycles. The van der Waals surface area contributed by atoms with Gasteiger partial charge in [0.2, 0.25) is 0 Å². The summed E-state index contributed by atoms with van der Waals surface area (Å²) in [5, 5.41) is 9.71. The Morgan fingerprint density at radius 3 is 2.47 bits per heavy atom. The molecule has 3 heteroatoms. The molecule has 1 aromatic rings. The monoisotopic (exact) mass is 265 g/mol. The lowest BCUT2D eigenvalue weighted by atomic mass is 9.75. The number of aromatic hydroxyl groups is 1. The maximum Gasteiger partial charge on any atom is 0.165 e. The van der Waals surface area contributed by atoms with Gasteiger partial charge in [0.25, 0.3) is 0 Å². The number of para-hydroxylation sites is 1. The van der Waals surface area contributed by atoms with Crippen molar-refractivity contribution in [2.24, 2.45) is 11.3 Å². The van der Waals surface area contributed by atoms with Crippen molar-refractivity contribution in [1.82, 2.24) is 4.90 Å². The topological polar surface area (TPSA) is 23.5 Å². The highest BCUT2D eigenvalue weighted by Gasteiger charge is 2.28. The summed E-state index contributed by atoms with van der Waals surface area (Å²) in [6.45, 7) is 9.58. The van der Waals surface area contributed by atoms with Gasteiger partial charge in [-0.25, -0.2) is 4.39 Å². The van der Waals surface area contributed by atoms with Gasteiger partial charge in [-0.05, 0) is 43.3 Å². The van der Waals surface area contributed by atoms with E-state index in [1.807, 2.05) is 0 Å². The van der Waals surface area contributed by atoms with Crippen LogP contribution in [0.15, 0.2) is 18.2 Å². The quantitative estimate of drug-likeness (QED) is 0.879. The van der Waals surface area contributed by atoms with Crippen molar-refractivity contribution in [2.45, 2.75) is 40.2 Å². The lowest BCUT2D eigenvalue weighted by Gasteiger charge is -2.38. The summed E-state index contributed by atoms with van der Waals surface area (Å²) in [5.41, 5.74) is 1.06. The molecule has 0 amide bonds. The lowest BCUT2D eigenvalue weighted by molar-refractivity contribution is 0.107. The summed E-state index contributed by atoms with van der Waals surface area (Å²) < 4.78 is 13.3. The van der Waals surface area contributed by atoms with E-state index in [-0.39, 0.29) is 5.75 Å². The van der Waals surface area contributed by atoms with Crippen molar-refractivity contribution < 1.29 is 9.50 Å². The van der Waals surface area contributed by atoms with Gasteiger partial charge in [0.05, 0.1) is 0 Å². The van der Waals surface area contributed by atoms with E-state index in [0.717, 1.165) is 19.0 Å². The third-order valence-corrected chi connectivity index (χ3v) is 4.28. The summed E-state index contributed by atoms with van der Waals surface area (Å²) in [5.74, 6) is 0.0346. The fourth-order valence-electron chi connectivity index (χ4n) is 2.89. The molecule has 0 unspecified atom stereocenters. The predicted molar refractivity (Wildman–Crippen MR) is 75.5 cm³/mol. The van der Waals surface area contributed by atoms with Crippen LogP contribution < -0.4 is 0 Å². The van der Waals surface area contributed by atoms with E-state index >= 15 is 0 Å². The highest BCUT2D eigenvalue weighted by atomic mass is 19.1. The van der Waals surface area contributed by atoms with Crippen molar-refractivity contribution in [2.75, 3.05) is 13.1 Å². The summed E-state index contributed by atoms with van der Waals surface area (Å²) >= 11 is 0. The molecule has 1 N–H and O–H groups in total. The minimum atomic E-state index is -0.526. The van der Waals surface area contributed by atoms with E-state index in [4.69, 9.17) is 0 Å². The van der Waals surface area contributed by atoms with E-state index in [1.165, 1.54) is 18.9 Å². The zero-order valence-electron chi connectivity index (χ0n) is 12.1. The maximum atomic E-state index is 13.3. The molecule has 0 bridgehead atoms. The minimum Gasteiger partial charge on any atom is -0.505 e. The fraction of sp³-hybridized carbons (Fsp3) is 0.625. The summed E-state index contributed by atoms with van der Waals surface area (Å²) in [6.07, 6.45) is 2.36. The van der Waals surface area contributed by atoms with Crippen LogP contribution in [0.25, 0.3) is 0 Å². The molecule has 2 rings (SSSR count). The van der Waals surface area contributed by atoms with Crippen LogP contribution >= 0.6 is 0 Å². The minimum absolute atomic E-state index is 0.194. The first-order chi connectivity index (χ1) is 8.88. The van der Waals surface area contributed by atoms with Gasteiger partial charge in [-0.2, -0.15) is 0 Å². The first-order valence-corrected chi connectivity index (χ1v) is 7.06. The number of hydrogen-bond donors (Lipinski definition) is 1. The standard InChI is InChI=1S/C16H24FNO/c1-16(2,3)13-7-9-18(10-8-13)11-12-5-4-6-14(17)15(12)19/h4-6,13,19H,7-11H2,1-3H3. The van der Waals surface area contributed by atoms with Crippen molar-refractivity contribution in [3.63, 3.8) is 0 Å². The largest absolute Gasteiger partial charge is 0.505 e. The Morgan fingerprint density at radius 2 is 1.89 bits per heavy atom. The summed E-state index contributed by atoms with van der Waals surface area (Å²) in [4.78, 5) is 2.30. The molecule has 0 radical (unpaired) electrons. The molecule has 2 nitrogen and oxygen atoms in total. The molecule has 0 spiro atoms. The van der Waals surface area contributed by atoms with Crippen molar-refractivity contribution >= 4 is 0 Å². The number of rotatable bonds is 2. The first-order valence-electron chi connectivity index (χ1n) is 7.06. The highest BCUT2D eigenvalue weighted by molar-refractivity contribution is 5.33. The van der Waals surface area contributed by atoms with Crippen LogP contribution in [0.3, 0.4) is 0 Å². The highest BCUT2D eigenvalue weighted by Crippen LogP contribution is 2.35. The zero-order chi connectivity index (χ0) is 14.0. The van der Waals surface area contributed by atoms with Crippen LogP contribution in [0.1, 0.15) is 39.2 Å². The Morgan fingerprint density at radius 1 is 1.26 bits per heavy atom. The lowest BCUT2D eigenvalue weighted by Crippen LogP contribution is -2.37. The number of nitrogens with zero attached hydrogens (tertiary/aromatic N) is 1. The number of phenols is 1. The van der Waals surface area contributed by atoms with Gasteiger partial charge >= 0.3 is 0 Å². The van der Waals surface area contributed by atoms with Crippen molar-refractivity contribution in [1.29, 1.82) is 0 Å². The second-order valence-corrected chi connectivity index (χ2v) is 6.66. The molecular weight excluding hydrogens is 241 g/mol. The van der Waals surface area contributed by atoms with Crippen LogP contribution in [0.2, 0.25) is 0 Å². The fourth-order valence-corrected chi connectivity index (χ4v) is 2.89. The Balaban J connectivity index is 1.94. The number of halogens is 1. The van der Waals surface area contributed by atoms with E-state index in [1.54, 1.807) is 12.1 Å². The molecule has 1 saturated heterocycles. The first kappa shape index (κ1) is 14.3. The normalized spacial score (nSPS) is 18.7. The van der Waals surface area contributed by atoms with Gasteiger partial charge in [0.15, 0.2) is 11.6 Å². The number of likely N-dealkylation sites (tertiary alicyclic amines) is 1. The molecule has 106 valence electrons. The molecule has 19 heavy (non-hydrogen) atoms.